The molecule has 5 atom stereocenters. The number of hydrogen-bond donors (Lipinski definition) is 5. The monoisotopic (exact) mass is 598 g/mol. The Morgan fingerprint density at radius 3 is 2.65 bits per heavy atom. The van der Waals surface area contributed by atoms with Gasteiger partial charge in [-0.05, 0) is 56.7 Å². The van der Waals surface area contributed by atoms with Gasteiger partial charge in [0.1, 0.15) is 11.5 Å². The first-order valence-electron chi connectivity index (χ1n) is 15.2. The fourth-order valence-electron chi connectivity index (χ4n) is 4.81. The van der Waals surface area contributed by atoms with Crippen LogP contribution in [0.25, 0.3) is 0 Å². The van der Waals surface area contributed by atoms with Gasteiger partial charge in [0.2, 0.25) is 11.8 Å². The minimum absolute atomic E-state index is 0.00978. The number of rotatable bonds is 8. The number of aliphatic hydroxyl groups excluding tert-OH is 1. The van der Waals surface area contributed by atoms with Gasteiger partial charge in [-0.15, -0.1) is 0 Å². The number of phenols is 2. The van der Waals surface area contributed by atoms with Crippen molar-refractivity contribution in [3.8, 4) is 11.5 Å². The highest BCUT2D eigenvalue weighted by molar-refractivity contribution is 5.93. The van der Waals surface area contributed by atoms with Gasteiger partial charge in [-0.3, -0.25) is 9.59 Å². The topological polar surface area (TPSA) is 137 Å². The Bertz CT molecular complexity index is 1160. The lowest BCUT2D eigenvalue weighted by Crippen LogP contribution is -2.39. The molecule has 0 radical (unpaired) electrons. The highest BCUT2D eigenvalue weighted by Crippen LogP contribution is 2.34. The normalized spacial score (nSPS) is 26.6. The van der Waals surface area contributed by atoms with Crippen LogP contribution < -0.4 is 10.6 Å². The first-order chi connectivity index (χ1) is 20.5. The zero-order chi connectivity index (χ0) is 31.8. The third kappa shape index (κ3) is 12.8. The number of allylic oxidation sites excluding steroid dienone is 5. The van der Waals surface area contributed by atoms with Crippen LogP contribution in [0.3, 0.4) is 0 Å². The minimum atomic E-state index is -0.779. The molecule has 9 nitrogen and oxygen atoms in total. The first kappa shape index (κ1) is 35.8. The van der Waals surface area contributed by atoms with Crippen molar-refractivity contribution in [2.75, 3.05) is 19.0 Å². The molecule has 1 aromatic rings. The average molecular weight is 599 g/mol. The fourth-order valence-corrected chi connectivity index (χ4v) is 4.81. The summed E-state index contributed by atoms with van der Waals surface area (Å²) in [7, 11) is 1.51. The predicted octanol–water partition coefficient (Wildman–Crippen LogP) is 5.47. The van der Waals surface area contributed by atoms with E-state index in [2.05, 4.69) is 10.6 Å². The maximum atomic E-state index is 12.7. The summed E-state index contributed by atoms with van der Waals surface area (Å²) < 4.78 is 11.7. The Morgan fingerprint density at radius 2 is 1.93 bits per heavy atom. The zero-order valence-electron chi connectivity index (χ0n) is 26.2. The van der Waals surface area contributed by atoms with Crippen LogP contribution in [0.2, 0.25) is 0 Å². The molecule has 2 amide bonds. The molecule has 238 valence electrons. The molecule has 1 aliphatic heterocycles. The fraction of sp³-hybridized carbons (Fsp3) is 0.529. The standard InChI is InChI=1S/C34H50N2O7/c1-6-7-18-31(38)35-24(3)22-43-30-17-12-10-8-9-11-16-28(42-5)21-32(39)36-29-20-27(37)19-26(34(29)41)15-13-14-23(2)33(40)25(30)4/h8-12,14,16,19-20,24-25,28,30,33,37,40-41H,6-7,13,15,17-18,21-22H2,1-5H3,(H,35,38)(H,36,39)/b9-8+,12-10+,16-11-,23-14-/t24-,25-,28+,30+,33+/m1/s1. The number of aromatic hydroxyl groups is 2. The highest BCUT2D eigenvalue weighted by Gasteiger charge is 2.26. The minimum Gasteiger partial charge on any atom is -0.508 e. The Balaban J connectivity index is 2.28. The van der Waals surface area contributed by atoms with E-state index in [1.165, 1.54) is 19.2 Å². The summed E-state index contributed by atoms with van der Waals surface area (Å²) in [5.41, 5.74) is 1.36. The number of amides is 2. The van der Waals surface area contributed by atoms with E-state index in [1.54, 1.807) is 12.2 Å². The van der Waals surface area contributed by atoms with Crippen LogP contribution in [0.4, 0.5) is 5.69 Å². The van der Waals surface area contributed by atoms with E-state index in [-0.39, 0.29) is 53.5 Å². The van der Waals surface area contributed by atoms with Crippen LogP contribution >= 0.6 is 0 Å². The Hall–Kier alpha value is -3.40. The number of anilines is 1. The lowest BCUT2D eigenvalue weighted by atomic mass is 9.90. The van der Waals surface area contributed by atoms with E-state index in [1.807, 2.05) is 58.1 Å². The van der Waals surface area contributed by atoms with Gasteiger partial charge < -0.3 is 35.4 Å². The van der Waals surface area contributed by atoms with E-state index < -0.39 is 12.2 Å². The van der Waals surface area contributed by atoms with Gasteiger partial charge in [-0.25, -0.2) is 0 Å². The molecule has 0 saturated heterocycles. The molecular formula is C34H50N2O7. The molecule has 2 bridgehead atoms. The van der Waals surface area contributed by atoms with Gasteiger partial charge in [0.15, 0.2) is 0 Å². The molecule has 1 aliphatic rings. The van der Waals surface area contributed by atoms with E-state index in [9.17, 15) is 24.9 Å². The van der Waals surface area contributed by atoms with E-state index in [4.69, 9.17) is 9.47 Å². The second kappa shape index (κ2) is 19.0. The molecule has 0 aliphatic carbocycles. The molecule has 0 fully saturated rings. The molecule has 1 aromatic carbocycles. The van der Waals surface area contributed by atoms with Gasteiger partial charge >= 0.3 is 0 Å². The Labute approximate surface area is 256 Å². The average Bonchev–Trinajstić information content (AvgIpc) is 2.97. The summed E-state index contributed by atoms with van der Waals surface area (Å²) in [4.78, 5) is 24.8. The number of hydrogen-bond acceptors (Lipinski definition) is 7. The van der Waals surface area contributed by atoms with Crippen molar-refractivity contribution in [3.05, 3.63) is 65.8 Å². The lowest BCUT2D eigenvalue weighted by molar-refractivity contribution is -0.122. The molecule has 1 heterocycles. The number of fused-ring (bicyclic) bond motifs is 2. The molecular weight excluding hydrogens is 548 g/mol. The largest absolute Gasteiger partial charge is 0.508 e. The number of benzene rings is 1. The van der Waals surface area contributed by atoms with Crippen molar-refractivity contribution >= 4 is 17.5 Å². The number of carbonyl (C=O) groups is 2. The van der Waals surface area contributed by atoms with Gasteiger partial charge in [-0.2, -0.15) is 0 Å². The third-order valence-electron chi connectivity index (χ3n) is 7.46. The van der Waals surface area contributed by atoms with Crippen LogP contribution in [-0.4, -0.2) is 65.2 Å². The first-order valence-corrected chi connectivity index (χ1v) is 15.2. The van der Waals surface area contributed by atoms with Crippen LogP contribution in [0.1, 0.15) is 71.8 Å². The van der Waals surface area contributed by atoms with Crippen molar-refractivity contribution in [2.45, 2.75) is 97.0 Å². The number of aryl methyl sites for hydroxylation is 1. The van der Waals surface area contributed by atoms with E-state index >= 15 is 0 Å². The van der Waals surface area contributed by atoms with Crippen LogP contribution in [0, 0.1) is 5.92 Å². The summed E-state index contributed by atoms with van der Waals surface area (Å²) in [5, 5.41) is 37.9. The van der Waals surface area contributed by atoms with Gasteiger partial charge in [-0.1, -0.05) is 62.8 Å². The summed E-state index contributed by atoms with van der Waals surface area (Å²) in [5.74, 6) is -0.796. The van der Waals surface area contributed by atoms with Gasteiger partial charge in [0.05, 0.1) is 37.0 Å². The maximum absolute atomic E-state index is 12.7. The number of unbranched alkanes of at least 4 members (excludes halogenated alkanes) is 1. The van der Waals surface area contributed by atoms with Crippen molar-refractivity contribution in [1.82, 2.24) is 5.32 Å². The molecule has 0 spiro atoms. The predicted molar refractivity (Wildman–Crippen MR) is 170 cm³/mol. The van der Waals surface area contributed by atoms with Crippen LogP contribution in [-0.2, 0) is 25.5 Å². The number of phenolic OH excluding ortho intramolecular Hbond substituents is 2. The molecule has 0 aromatic heterocycles. The van der Waals surface area contributed by atoms with Gasteiger partial charge in [0.25, 0.3) is 0 Å². The van der Waals surface area contributed by atoms with Crippen molar-refractivity contribution in [2.24, 2.45) is 5.92 Å². The number of nitrogens with one attached hydrogen (secondary N) is 2. The van der Waals surface area contributed by atoms with Crippen molar-refractivity contribution in [1.29, 1.82) is 0 Å². The number of ether oxygens (including phenoxy) is 2. The van der Waals surface area contributed by atoms with Crippen LogP contribution in [0.5, 0.6) is 11.5 Å². The van der Waals surface area contributed by atoms with Crippen molar-refractivity contribution in [3.63, 3.8) is 0 Å². The smallest absolute Gasteiger partial charge is 0.227 e. The van der Waals surface area contributed by atoms with Crippen LogP contribution in [0.15, 0.2) is 60.2 Å². The lowest BCUT2D eigenvalue weighted by Gasteiger charge is -2.29. The molecule has 5 N–H and O–H groups in total. The summed E-state index contributed by atoms with van der Waals surface area (Å²) >= 11 is 0. The highest BCUT2D eigenvalue weighted by atomic mass is 16.5. The SMILES string of the molecule is CCCCC(=O)N[C@H](C)CO[C@H]1C/C=C/C=C/C=C\[C@H](OC)CC(=O)Nc2cc(O)cc(c2O)CC/C=C(/C)[C@H](O)[C@@H]1C. The molecule has 2 rings (SSSR count). The Kier molecular flexibility index (Phi) is 15.8. The molecule has 43 heavy (non-hydrogen) atoms. The van der Waals surface area contributed by atoms with Crippen molar-refractivity contribution < 1.29 is 34.4 Å². The summed E-state index contributed by atoms with van der Waals surface area (Å²) in [6.45, 7) is 8.08. The molecule has 0 saturated carbocycles. The molecule has 9 heteroatoms. The maximum Gasteiger partial charge on any atom is 0.227 e. The Morgan fingerprint density at radius 1 is 1.19 bits per heavy atom. The summed E-state index contributed by atoms with van der Waals surface area (Å²) in [6, 6.07) is 2.61. The zero-order valence-corrected chi connectivity index (χ0v) is 26.2. The van der Waals surface area contributed by atoms with E-state index in [0.29, 0.717) is 37.9 Å². The summed E-state index contributed by atoms with van der Waals surface area (Å²) in [6.07, 6.45) is 15.2. The third-order valence-corrected chi connectivity index (χ3v) is 7.46. The number of aliphatic hydroxyl groups is 1. The molecule has 0 unspecified atom stereocenters. The van der Waals surface area contributed by atoms with E-state index in [0.717, 1.165) is 18.4 Å². The number of carbonyl (C=O) groups excluding carboxylic acids is 2. The quantitative estimate of drug-likeness (QED) is 0.152. The van der Waals surface area contributed by atoms with Gasteiger partial charge in [0, 0.05) is 31.6 Å². The second-order valence-electron chi connectivity index (χ2n) is 11.2. The number of methoxy groups -OCH3 is 1. The second-order valence-corrected chi connectivity index (χ2v) is 11.2.